The van der Waals surface area contributed by atoms with Gasteiger partial charge >= 0.3 is 5.97 Å². The first-order valence-corrected chi connectivity index (χ1v) is 6.51. The summed E-state index contributed by atoms with van der Waals surface area (Å²) in [6.07, 6.45) is -1.83. The molecular weight excluding hydrogens is 252 g/mol. The van der Waals surface area contributed by atoms with Crippen molar-refractivity contribution in [1.82, 2.24) is 0 Å². The Balaban J connectivity index is 2.26. The van der Waals surface area contributed by atoms with E-state index in [-0.39, 0.29) is 18.1 Å². The average molecular weight is 274 g/mol. The van der Waals surface area contributed by atoms with Crippen molar-refractivity contribution in [2.24, 2.45) is 5.92 Å². The molecule has 0 aromatic heterocycles. The van der Waals surface area contributed by atoms with E-state index in [0.717, 1.165) is 0 Å². The average Bonchev–Trinajstić information content (AvgIpc) is 2.58. The smallest absolute Gasteiger partial charge is 0.303 e. The van der Waals surface area contributed by atoms with Crippen molar-refractivity contribution in [2.75, 3.05) is 13.7 Å². The van der Waals surface area contributed by atoms with Gasteiger partial charge in [0.25, 0.3) is 0 Å². The molecule has 2 aliphatic heterocycles. The summed E-state index contributed by atoms with van der Waals surface area (Å²) in [4.78, 5) is 11.3. The number of ether oxygens (including phenoxy) is 5. The van der Waals surface area contributed by atoms with Crippen molar-refractivity contribution in [1.29, 1.82) is 0 Å². The molecule has 0 saturated carbocycles. The number of hydrogen-bond donors (Lipinski definition) is 0. The third-order valence-electron chi connectivity index (χ3n) is 3.37. The van der Waals surface area contributed by atoms with E-state index in [4.69, 9.17) is 23.7 Å². The zero-order chi connectivity index (χ0) is 14.2. The third kappa shape index (κ3) is 3.08. The maximum absolute atomic E-state index is 11.3. The Morgan fingerprint density at radius 2 is 1.89 bits per heavy atom. The van der Waals surface area contributed by atoms with Gasteiger partial charge in [0.2, 0.25) is 0 Å². The van der Waals surface area contributed by atoms with E-state index in [1.54, 1.807) is 0 Å². The van der Waals surface area contributed by atoms with Gasteiger partial charge in [0, 0.05) is 20.0 Å². The molecule has 0 aromatic rings. The van der Waals surface area contributed by atoms with Gasteiger partial charge in [0.1, 0.15) is 6.10 Å². The summed E-state index contributed by atoms with van der Waals surface area (Å²) in [7, 11) is 1.52. The maximum Gasteiger partial charge on any atom is 0.303 e. The lowest BCUT2D eigenvalue weighted by Crippen LogP contribution is -2.46. The molecule has 6 nitrogen and oxygen atoms in total. The lowest BCUT2D eigenvalue weighted by Gasteiger charge is -2.28. The second-order valence-corrected chi connectivity index (χ2v) is 5.55. The van der Waals surface area contributed by atoms with Crippen molar-refractivity contribution in [3.05, 3.63) is 0 Å². The largest absolute Gasteiger partial charge is 0.454 e. The molecule has 6 heteroatoms. The molecule has 5 unspecified atom stereocenters. The van der Waals surface area contributed by atoms with E-state index in [1.807, 2.05) is 20.8 Å². The number of esters is 1. The molecule has 0 radical (unpaired) electrons. The van der Waals surface area contributed by atoms with Crippen LogP contribution in [0.15, 0.2) is 0 Å². The van der Waals surface area contributed by atoms with Crippen LogP contribution in [-0.2, 0) is 28.5 Å². The minimum absolute atomic E-state index is 0.130. The Morgan fingerprint density at radius 1 is 1.26 bits per heavy atom. The lowest BCUT2D eigenvalue weighted by atomic mass is 9.98. The highest BCUT2D eigenvalue weighted by Gasteiger charge is 2.53. The Bertz CT molecular complexity index is 342. The van der Waals surface area contributed by atoms with Crippen LogP contribution in [0.3, 0.4) is 0 Å². The maximum atomic E-state index is 11.3. The zero-order valence-electron chi connectivity index (χ0n) is 12.0. The fourth-order valence-electron chi connectivity index (χ4n) is 2.62. The van der Waals surface area contributed by atoms with Crippen LogP contribution in [0.1, 0.15) is 27.7 Å². The number of hydrogen-bond acceptors (Lipinski definition) is 6. The fourth-order valence-corrected chi connectivity index (χ4v) is 2.62. The van der Waals surface area contributed by atoms with Gasteiger partial charge in [-0.05, 0) is 13.8 Å². The van der Waals surface area contributed by atoms with E-state index in [0.29, 0.717) is 6.61 Å². The molecular formula is C13H22O6. The summed E-state index contributed by atoms with van der Waals surface area (Å²) in [6.45, 7) is 7.54. The van der Waals surface area contributed by atoms with Crippen molar-refractivity contribution in [3.8, 4) is 0 Å². The van der Waals surface area contributed by atoms with E-state index in [2.05, 4.69) is 0 Å². The SMILES string of the molecule is COC1OCC(C)C2OC(C)(C)OC2C1OC(C)=O. The van der Waals surface area contributed by atoms with Crippen molar-refractivity contribution < 1.29 is 28.5 Å². The van der Waals surface area contributed by atoms with Gasteiger partial charge in [0.05, 0.1) is 12.7 Å². The van der Waals surface area contributed by atoms with Gasteiger partial charge in [-0.25, -0.2) is 0 Å². The number of carbonyl (C=O) groups excluding carboxylic acids is 1. The van der Waals surface area contributed by atoms with Gasteiger partial charge in [-0.3, -0.25) is 4.79 Å². The summed E-state index contributed by atoms with van der Waals surface area (Å²) in [5.41, 5.74) is 0. The van der Waals surface area contributed by atoms with Gasteiger partial charge in [-0.1, -0.05) is 6.92 Å². The molecule has 2 heterocycles. The molecule has 2 aliphatic rings. The molecule has 0 aromatic carbocycles. The van der Waals surface area contributed by atoms with Crippen LogP contribution in [0.5, 0.6) is 0 Å². The van der Waals surface area contributed by atoms with Gasteiger partial charge < -0.3 is 23.7 Å². The molecule has 0 amide bonds. The zero-order valence-corrected chi connectivity index (χ0v) is 12.0. The minimum atomic E-state index is -0.697. The minimum Gasteiger partial charge on any atom is -0.454 e. The molecule has 19 heavy (non-hydrogen) atoms. The quantitative estimate of drug-likeness (QED) is 0.702. The molecule has 110 valence electrons. The van der Waals surface area contributed by atoms with E-state index in [1.165, 1.54) is 14.0 Å². The highest BCUT2D eigenvalue weighted by atomic mass is 16.8. The summed E-state index contributed by atoms with van der Waals surface area (Å²) in [5.74, 6) is -0.959. The standard InChI is InChI=1S/C13H22O6/c1-7-6-16-12(15-5)11(17-8(2)14)10-9(7)18-13(3,4)19-10/h7,9-12H,6H2,1-5H3. The number of methoxy groups -OCH3 is 1. The Kier molecular flexibility index (Phi) is 4.15. The second kappa shape index (κ2) is 5.36. The number of carbonyl (C=O) groups is 1. The van der Waals surface area contributed by atoms with Crippen LogP contribution in [0, 0.1) is 5.92 Å². The molecule has 2 rings (SSSR count). The monoisotopic (exact) mass is 274 g/mol. The van der Waals surface area contributed by atoms with E-state index < -0.39 is 24.2 Å². The summed E-state index contributed by atoms with van der Waals surface area (Å²) in [5, 5.41) is 0. The molecule has 0 bridgehead atoms. The first kappa shape index (κ1) is 14.7. The first-order valence-electron chi connectivity index (χ1n) is 6.51. The Labute approximate surface area is 113 Å². The predicted molar refractivity (Wildman–Crippen MR) is 65.3 cm³/mol. The number of rotatable bonds is 2. The van der Waals surface area contributed by atoms with Crippen molar-refractivity contribution in [3.63, 3.8) is 0 Å². The molecule has 0 aliphatic carbocycles. The highest BCUT2D eigenvalue weighted by Crippen LogP contribution is 2.38. The van der Waals surface area contributed by atoms with Crippen LogP contribution < -0.4 is 0 Å². The van der Waals surface area contributed by atoms with Gasteiger partial charge in [-0.15, -0.1) is 0 Å². The molecule has 2 fully saturated rings. The third-order valence-corrected chi connectivity index (χ3v) is 3.37. The topological polar surface area (TPSA) is 63.2 Å². The van der Waals surface area contributed by atoms with Crippen LogP contribution in [0.2, 0.25) is 0 Å². The van der Waals surface area contributed by atoms with Crippen LogP contribution >= 0.6 is 0 Å². The summed E-state index contributed by atoms with van der Waals surface area (Å²) >= 11 is 0. The van der Waals surface area contributed by atoms with Crippen LogP contribution in [-0.4, -0.2) is 50.1 Å². The van der Waals surface area contributed by atoms with Gasteiger partial charge in [0.15, 0.2) is 18.2 Å². The van der Waals surface area contributed by atoms with Crippen molar-refractivity contribution >= 4 is 5.97 Å². The second-order valence-electron chi connectivity index (χ2n) is 5.55. The Hall–Kier alpha value is -0.690. The predicted octanol–water partition coefficient (Wildman–Crippen LogP) is 1.08. The Morgan fingerprint density at radius 3 is 2.47 bits per heavy atom. The molecule has 0 N–H and O–H groups in total. The summed E-state index contributed by atoms with van der Waals surface area (Å²) in [6, 6.07) is 0. The van der Waals surface area contributed by atoms with E-state index >= 15 is 0 Å². The fraction of sp³-hybridized carbons (Fsp3) is 0.923. The van der Waals surface area contributed by atoms with Crippen LogP contribution in [0.4, 0.5) is 0 Å². The highest BCUT2D eigenvalue weighted by molar-refractivity contribution is 5.66. The van der Waals surface area contributed by atoms with Crippen LogP contribution in [0.25, 0.3) is 0 Å². The number of fused-ring (bicyclic) bond motifs is 1. The normalized spacial score (nSPS) is 41.4. The lowest BCUT2D eigenvalue weighted by molar-refractivity contribution is -0.229. The first-order chi connectivity index (χ1) is 8.84. The molecule has 5 atom stereocenters. The molecule has 2 saturated heterocycles. The van der Waals surface area contributed by atoms with Crippen molar-refractivity contribution in [2.45, 2.75) is 58.1 Å². The van der Waals surface area contributed by atoms with Gasteiger partial charge in [-0.2, -0.15) is 0 Å². The molecule has 0 spiro atoms. The summed E-state index contributed by atoms with van der Waals surface area (Å²) < 4.78 is 28.0. The van der Waals surface area contributed by atoms with E-state index in [9.17, 15) is 4.79 Å².